The van der Waals surface area contributed by atoms with Crippen LogP contribution in [0.15, 0.2) is 24.3 Å². The van der Waals surface area contributed by atoms with E-state index in [1.165, 1.54) is 0 Å². The second-order valence-electron chi connectivity index (χ2n) is 7.77. The van der Waals surface area contributed by atoms with Gasteiger partial charge in [-0.2, -0.15) is 0 Å². The van der Waals surface area contributed by atoms with Crippen LogP contribution in [0.5, 0.6) is 23.0 Å². The van der Waals surface area contributed by atoms with E-state index >= 15 is 0 Å². The van der Waals surface area contributed by atoms with Crippen molar-refractivity contribution >= 4 is 46.6 Å². The number of rotatable bonds is 5. The van der Waals surface area contributed by atoms with Crippen molar-refractivity contribution in [3.8, 4) is 23.0 Å². The van der Waals surface area contributed by atoms with Crippen LogP contribution in [0, 0.1) is 0 Å². The molecule has 0 aliphatic carbocycles. The molecule has 3 heterocycles. The van der Waals surface area contributed by atoms with Crippen LogP contribution in [0.25, 0.3) is 11.8 Å². The topological polar surface area (TPSA) is 40.2 Å². The van der Waals surface area contributed by atoms with Gasteiger partial charge in [-0.05, 0) is 41.8 Å². The van der Waals surface area contributed by atoms with Gasteiger partial charge in [0.25, 0.3) is 0 Å². The van der Waals surface area contributed by atoms with Gasteiger partial charge in [-0.1, -0.05) is 40.9 Å². The first-order valence-electron chi connectivity index (χ1n) is 10.3. The van der Waals surface area contributed by atoms with Gasteiger partial charge in [0, 0.05) is 29.8 Å². The van der Waals surface area contributed by atoms with E-state index in [2.05, 4.69) is 11.0 Å². The lowest BCUT2D eigenvalue weighted by atomic mass is 9.86. The fraction of sp³-hybridized carbons (Fsp3) is 0.391. The second kappa shape index (κ2) is 8.40. The number of ether oxygens (including phenoxy) is 4. The molecule has 2 aromatic rings. The summed E-state index contributed by atoms with van der Waals surface area (Å²) < 4.78 is 33.7. The molecular formula is C23H21Cl3FNO4. The molecule has 0 saturated heterocycles. The molecule has 32 heavy (non-hydrogen) atoms. The van der Waals surface area contributed by atoms with Gasteiger partial charge in [0.1, 0.15) is 6.04 Å². The van der Waals surface area contributed by atoms with E-state index in [9.17, 15) is 4.39 Å². The van der Waals surface area contributed by atoms with Crippen molar-refractivity contribution in [3.05, 3.63) is 46.5 Å². The predicted molar refractivity (Wildman–Crippen MR) is 123 cm³/mol. The third-order valence-corrected chi connectivity index (χ3v) is 6.55. The molecule has 0 fully saturated rings. The Morgan fingerprint density at radius 1 is 1.19 bits per heavy atom. The van der Waals surface area contributed by atoms with E-state index in [0.717, 1.165) is 40.1 Å². The Labute approximate surface area is 200 Å². The Morgan fingerprint density at radius 3 is 2.69 bits per heavy atom. The molecule has 170 valence electrons. The maximum absolute atomic E-state index is 12.7. The zero-order valence-corrected chi connectivity index (χ0v) is 19.6. The number of alkyl halides is 4. The minimum Gasteiger partial charge on any atom is -0.493 e. The number of nitrogens with zero attached hydrogens (tertiary/aromatic N) is 1. The highest BCUT2D eigenvalue weighted by Gasteiger charge is 2.46. The lowest BCUT2D eigenvalue weighted by molar-refractivity contribution is 0.174. The fourth-order valence-corrected chi connectivity index (χ4v) is 5.24. The van der Waals surface area contributed by atoms with Crippen LogP contribution >= 0.6 is 34.8 Å². The first-order chi connectivity index (χ1) is 15.4. The normalized spacial score (nSPS) is 18.5. The summed E-state index contributed by atoms with van der Waals surface area (Å²) in [7, 11) is 1.55. The summed E-state index contributed by atoms with van der Waals surface area (Å²) in [6, 6.07) is 7.12. The molecule has 0 N–H and O–H groups in total. The summed E-state index contributed by atoms with van der Waals surface area (Å²) in [6.07, 6.45) is 3.07. The van der Waals surface area contributed by atoms with E-state index in [4.69, 9.17) is 53.8 Å². The number of methoxy groups -OCH3 is 1. The van der Waals surface area contributed by atoms with Gasteiger partial charge < -0.3 is 23.8 Å². The maximum Gasteiger partial charge on any atom is 0.231 e. The molecule has 2 aromatic carbocycles. The number of hydrogen-bond donors (Lipinski definition) is 0. The van der Waals surface area contributed by atoms with E-state index < -0.39 is 16.5 Å². The summed E-state index contributed by atoms with van der Waals surface area (Å²) in [5.41, 5.74) is 4.68. The number of fused-ring (bicyclic) bond motifs is 5. The third kappa shape index (κ3) is 3.62. The molecule has 0 saturated carbocycles. The molecule has 0 amide bonds. The largest absolute Gasteiger partial charge is 0.493 e. The number of hydrogen-bond acceptors (Lipinski definition) is 5. The van der Waals surface area contributed by atoms with Crippen LogP contribution < -0.4 is 18.9 Å². The first kappa shape index (κ1) is 21.8. The molecule has 0 aromatic heterocycles. The van der Waals surface area contributed by atoms with Crippen molar-refractivity contribution < 1.29 is 23.3 Å². The van der Waals surface area contributed by atoms with Crippen LogP contribution in [0.4, 0.5) is 4.39 Å². The molecule has 1 unspecified atom stereocenters. The van der Waals surface area contributed by atoms with Gasteiger partial charge in [0.15, 0.2) is 23.0 Å². The quantitative estimate of drug-likeness (QED) is 0.375. The Balaban J connectivity index is 1.69. The molecule has 0 radical (unpaired) electrons. The minimum atomic E-state index is -1.66. The highest BCUT2D eigenvalue weighted by atomic mass is 35.6. The first-order valence-corrected chi connectivity index (χ1v) is 11.4. The van der Waals surface area contributed by atoms with Gasteiger partial charge in [-0.25, -0.2) is 0 Å². The van der Waals surface area contributed by atoms with Crippen LogP contribution in [0.3, 0.4) is 0 Å². The zero-order valence-electron chi connectivity index (χ0n) is 17.3. The standard InChI is InChI=1S/C23H21Cl3FNO4/c1-29-17-4-3-14-9-16-15-11-19-18(31-12-32-19)10-13(15)5-7-28(16)22(23(24,25)26)20(14)21(17)30-8-2-6-27/h3-4,9-11,22H,2,5-8,12H2,1H3. The summed E-state index contributed by atoms with van der Waals surface area (Å²) in [5, 5.41) is 0. The monoisotopic (exact) mass is 499 g/mol. The molecular weight excluding hydrogens is 480 g/mol. The third-order valence-electron chi connectivity index (χ3n) is 5.93. The Morgan fingerprint density at radius 2 is 1.97 bits per heavy atom. The SMILES string of the molecule is COc1ccc2c(c1OCCCF)C(C(Cl)(Cl)Cl)N1CCc3cc4c(cc3C1=C2)OCO4. The number of benzene rings is 2. The molecule has 5 nitrogen and oxygen atoms in total. The average molecular weight is 501 g/mol. The predicted octanol–water partition coefficient (Wildman–Crippen LogP) is 5.94. The maximum atomic E-state index is 12.7. The Bertz CT molecular complexity index is 1090. The van der Waals surface area contributed by atoms with Crippen molar-refractivity contribution in [2.24, 2.45) is 0 Å². The Hall–Kier alpha value is -2.02. The van der Waals surface area contributed by atoms with Crippen molar-refractivity contribution in [1.82, 2.24) is 4.90 Å². The van der Waals surface area contributed by atoms with Crippen LogP contribution in [-0.4, -0.2) is 42.4 Å². The summed E-state index contributed by atoms with van der Waals surface area (Å²) in [4.78, 5) is 2.08. The fourth-order valence-electron chi connectivity index (χ4n) is 4.56. The van der Waals surface area contributed by atoms with Crippen LogP contribution in [-0.2, 0) is 6.42 Å². The van der Waals surface area contributed by atoms with Gasteiger partial charge in [0.2, 0.25) is 10.6 Å². The van der Waals surface area contributed by atoms with Crippen molar-refractivity contribution in [1.29, 1.82) is 0 Å². The highest BCUT2D eigenvalue weighted by molar-refractivity contribution is 6.68. The molecule has 0 spiro atoms. The molecule has 3 aliphatic heterocycles. The lowest BCUT2D eigenvalue weighted by Crippen LogP contribution is -2.41. The minimum absolute atomic E-state index is 0.193. The number of halogens is 4. The second-order valence-corrected chi connectivity index (χ2v) is 10.1. The van der Waals surface area contributed by atoms with Gasteiger partial charge in [-0.3, -0.25) is 4.39 Å². The molecule has 5 rings (SSSR count). The zero-order chi connectivity index (χ0) is 22.5. The highest BCUT2D eigenvalue weighted by Crippen LogP contribution is 2.56. The van der Waals surface area contributed by atoms with E-state index in [1.807, 2.05) is 24.3 Å². The lowest BCUT2D eigenvalue weighted by Gasteiger charge is -2.45. The van der Waals surface area contributed by atoms with Gasteiger partial charge >= 0.3 is 0 Å². The van der Waals surface area contributed by atoms with E-state index in [1.54, 1.807) is 7.11 Å². The molecule has 1 atom stereocenters. The Kier molecular flexibility index (Phi) is 5.72. The van der Waals surface area contributed by atoms with Crippen LogP contribution in [0.2, 0.25) is 0 Å². The molecule has 3 aliphatic rings. The van der Waals surface area contributed by atoms with E-state index in [-0.39, 0.29) is 19.8 Å². The molecule has 0 bridgehead atoms. The van der Waals surface area contributed by atoms with E-state index in [0.29, 0.717) is 23.8 Å². The van der Waals surface area contributed by atoms with Gasteiger partial charge in [-0.15, -0.1) is 0 Å². The van der Waals surface area contributed by atoms with Crippen LogP contribution in [0.1, 0.15) is 34.7 Å². The average Bonchev–Trinajstić information content (AvgIpc) is 3.23. The van der Waals surface area contributed by atoms with Gasteiger partial charge in [0.05, 0.1) is 20.4 Å². The van der Waals surface area contributed by atoms with Crippen molar-refractivity contribution in [2.45, 2.75) is 22.7 Å². The summed E-state index contributed by atoms with van der Waals surface area (Å²) >= 11 is 19.7. The summed E-state index contributed by atoms with van der Waals surface area (Å²) in [5.74, 6) is 2.44. The van der Waals surface area contributed by atoms with Crippen molar-refractivity contribution in [2.75, 3.05) is 33.7 Å². The smallest absolute Gasteiger partial charge is 0.231 e. The van der Waals surface area contributed by atoms with Crippen molar-refractivity contribution in [3.63, 3.8) is 0 Å². The molecule has 9 heteroatoms. The summed E-state index contributed by atoms with van der Waals surface area (Å²) in [6.45, 7) is 0.560.